The number of aliphatic hydroxyl groups excluding tert-OH is 1. The molecule has 16 heavy (non-hydrogen) atoms. The van der Waals surface area contributed by atoms with Gasteiger partial charge in [-0.25, -0.2) is 0 Å². The van der Waals surface area contributed by atoms with Crippen LogP contribution in [0.15, 0.2) is 18.2 Å². The van der Waals surface area contributed by atoms with Gasteiger partial charge in [0.05, 0.1) is 18.8 Å². The second-order valence-corrected chi connectivity index (χ2v) is 4.22. The number of ether oxygens (including phenoxy) is 1. The molecule has 0 radical (unpaired) electrons. The van der Waals surface area contributed by atoms with Crippen LogP contribution in [0.25, 0.3) is 0 Å². The van der Waals surface area contributed by atoms with Crippen LogP contribution < -0.4 is 10.1 Å². The van der Waals surface area contributed by atoms with E-state index >= 15 is 0 Å². The fraction of sp³-hybridized carbons (Fsp3) is 0.538. The molecule has 90 valence electrons. The lowest BCUT2D eigenvalue weighted by Crippen LogP contribution is -2.20. The molecule has 1 aromatic rings. The number of hydrogen-bond donors (Lipinski definition) is 2. The summed E-state index contributed by atoms with van der Waals surface area (Å²) >= 11 is 0. The number of aryl methyl sites for hydroxylation is 1. The Morgan fingerprint density at radius 1 is 1.38 bits per heavy atom. The largest absolute Gasteiger partial charge is 0.491 e. The minimum atomic E-state index is -0.00759. The predicted molar refractivity (Wildman–Crippen MR) is 65.8 cm³/mol. The van der Waals surface area contributed by atoms with Gasteiger partial charge >= 0.3 is 0 Å². The fourth-order valence-corrected chi connectivity index (χ4v) is 1.64. The van der Waals surface area contributed by atoms with E-state index in [1.54, 1.807) is 0 Å². The third-order valence-corrected chi connectivity index (χ3v) is 2.50. The Kier molecular flexibility index (Phi) is 4.77. The molecule has 0 aliphatic carbocycles. The Labute approximate surface area is 97.4 Å². The first kappa shape index (κ1) is 13.0. The molecular formula is C13H21NO2. The van der Waals surface area contributed by atoms with Gasteiger partial charge in [-0.1, -0.05) is 12.1 Å². The summed E-state index contributed by atoms with van der Waals surface area (Å²) in [5, 5.41) is 12.3. The van der Waals surface area contributed by atoms with Crippen molar-refractivity contribution in [1.29, 1.82) is 0 Å². The van der Waals surface area contributed by atoms with Crippen LogP contribution in [0.1, 0.15) is 31.0 Å². The zero-order valence-corrected chi connectivity index (χ0v) is 10.4. The Balaban J connectivity index is 2.89. The van der Waals surface area contributed by atoms with Crippen LogP contribution in [0.3, 0.4) is 0 Å². The summed E-state index contributed by atoms with van der Waals surface area (Å²) in [4.78, 5) is 0. The third kappa shape index (κ3) is 3.22. The monoisotopic (exact) mass is 223 g/mol. The highest BCUT2D eigenvalue weighted by Gasteiger charge is 2.10. The van der Waals surface area contributed by atoms with E-state index in [0.29, 0.717) is 0 Å². The molecule has 0 bridgehead atoms. The Morgan fingerprint density at radius 2 is 2.06 bits per heavy atom. The molecule has 0 saturated carbocycles. The maximum atomic E-state index is 9.19. The van der Waals surface area contributed by atoms with Crippen molar-refractivity contribution < 1.29 is 9.84 Å². The molecule has 0 amide bonds. The third-order valence-electron chi connectivity index (χ3n) is 2.50. The van der Waals surface area contributed by atoms with E-state index in [0.717, 1.165) is 16.9 Å². The smallest absolute Gasteiger partial charge is 0.122 e. The Bertz CT molecular complexity index is 333. The molecule has 0 fully saturated rings. The van der Waals surface area contributed by atoms with Crippen LogP contribution in [0.5, 0.6) is 5.75 Å². The van der Waals surface area contributed by atoms with E-state index in [4.69, 9.17) is 4.74 Å². The molecule has 0 spiro atoms. The number of rotatable bonds is 5. The highest BCUT2D eigenvalue weighted by Crippen LogP contribution is 2.23. The van der Waals surface area contributed by atoms with Gasteiger partial charge in [0, 0.05) is 0 Å². The van der Waals surface area contributed by atoms with Gasteiger partial charge in [-0.3, -0.25) is 0 Å². The van der Waals surface area contributed by atoms with E-state index in [1.165, 1.54) is 0 Å². The minimum Gasteiger partial charge on any atom is -0.491 e. The van der Waals surface area contributed by atoms with E-state index < -0.39 is 0 Å². The van der Waals surface area contributed by atoms with Crippen LogP contribution in [-0.4, -0.2) is 24.9 Å². The zero-order chi connectivity index (χ0) is 12.1. The first-order valence-electron chi connectivity index (χ1n) is 5.63. The van der Waals surface area contributed by atoms with Crippen LogP contribution in [0.4, 0.5) is 0 Å². The van der Waals surface area contributed by atoms with Crippen molar-refractivity contribution in [2.75, 3.05) is 13.7 Å². The van der Waals surface area contributed by atoms with E-state index in [-0.39, 0.29) is 18.8 Å². The summed E-state index contributed by atoms with van der Waals surface area (Å²) in [6, 6.07) is 5.99. The van der Waals surface area contributed by atoms with Gasteiger partial charge in [-0.05, 0) is 45.0 Å². The van der Waals surface area contributed by atoms with Crippen molar-refractivity contribution in [2.45, 2.75) is 32.9 Å². The highest BCUT2D eigenvalue weighted by molar-refractivity contribution is 5.37. The minimum absolute atomic E-state index is 0.00759. The highest BCUT2D eigenvalue weighted by atomic mass is 16.5. The summed E-state index contributed by atoms with van der Waals surface area (Å²) in [6.07, 6.45) is 0.183. The number of hydrogen-bond acceptors (Lipinski definition) is 3. The Hall–Kier alpha value is -1.06. The summed E-state index contributed by atoms with van der Waals surface area (Å²) in [5.74, 6) is 0.909. The van der Waals surface area contributed by atoms with Gasteiger partial charge in [-0.2, -0.15) is 0 Å². The van der Waals surface area contributed by atoms with Crippen LogP contribution in [0.2, 0.25) is 0 Å². The quantitative estimate of drug-likeness (QED) is 0.802. The van der Waals surface area contributed by atoms with Crippen molar-refractivity contribution in [3.8, 4) is 5.75 Å². The molecule has 1 atom stereocenters. The lowest BCUT2D eigenvalue weighted by Gasteiger charge is -2.17. The standard InChI is InChI=1S/C13H21NO2/c1-9(2)16-13-6-5-11(7-10(13)3)12(8-15)14-4/h5-7,9,12,14-15H,8H2,1-4H3. The van der Waals surface area contributed by atoms with Crippen LogP contribution >= 0.6 is 0 Å². The van der Waals surface area contributed by atoms with Crippen LogP contribution in [-0.2, 0) is 0 Å². The van der Waals surface area contributed by atoms with Crippen molar-refractivity contribution in [1.82, 2.24) is 5.32 Å². The summed E-state index contributed by atoms with van der Waals surface area (Å²) in [7, 11) is 1.84. The summed E-state index contributed by atoms with van der Waals surface area (Å²) in [6.45, 7) is 6.14. The lowest BCUT2D eigenvalue weighted by atomic mass is 10.0. The second kappa shape index (κ2) is 5.87. The predicted octanol–water partition coefficient (Wildman–Crippen LogP) is 2.04. The topological polar surface area (TPSA) is 41.5 Å². The molecule has 3 nitrogen and oxygen atoms in total. The molecule has 1 rings (SSSR count). The van der Waals surface area contributed by atoms with E-state index in [9.17, 15) is 5.11 Å². The fourth-order valence-electron chi connectivity index (χ4n) is 1.64. The SMILES string of the molecule is CNC(CO)c1ccc(OC(C)C)c(C)c1. The molecule has 0 aliphatic rings. The first-order valence-corrected chi connectivity index (χ1v) is 5.63. The number of likely N-dealkylation sites (N-methyl/N-ethyl adjacent to an activating group) is 1. The van der Waals surface area contributed by atoms with Crippen molar-refractivity contribution >= 4 is 0 Å². The first-order chi connectivity index (χ1) is 7.58. The number of benzene rings is 1. The molecule has 3 heteroatoms. The van der Waals surface area contributed by atoms with Gasteiger partial charge in [0.25, 0.3) is 0 Å². The molecule has 0 saturated heterocycles. The van der Waals surface area contributed by atoms with Gasteiger partial charge in [0.15, 0.2) is 0 Å². The van der Waals surface area contributed by atoms with Gasteiger partial charge in [-0.15, -0.1) is 0 Å². The van der Waals surface area contributed by atoms with Crippen molar-refractivity contribution in [2.24, 2.45) is 0 Å². The molecule has 2 N–H and O–H groups in total. The second-order valence-electron chi connectivity index (χ2n) is 4.22. The van der Waals surface area contributed by atoms with Gasteiger partial charge < -0.3 is 15.2 Å². The molecule has 0 heterocycles. The average molecular weight is 223 g/mol. The number of nitrogens with one attached hydrogen (secondary N) is 1. The lowest BCUT2D eigenvalue weighted by molar-refractivity contribution is 0.239. The molecule has 0 aliphatic heterocycles. The number of aliphatic hydroxyl groups is 1. The van der Waals surface area contributed by atoms with Gasteiger partial charge in [0.2, 0.25) is 0 Å². The molecule has 1 unspecified atom stereocenters. The van der Waals surface area contributed by atoms with E-state index in [1.807, 2.05) is 40.0 Å². The van der Waals surface area contributed by atoms with E-state index in [2.05, 4.69) is 11.4 Å². The van der Waals surface area contributed by atoms with Crippen molar-refractivity contribution in [3.05, 3.63) is 29.3 Å². The van der Waals surface area contributed by atoms with Crippen LogP contribution in [0, 0.1) is 6.92 Å². The van der Waals surface area contributed by atoms with Gasteiger partial charge in [0.1, 0.15) is 5.75 Å². The summed E-state index contributed by atoms with van der Waals surface area (Å²) < 4.78 is 5.66. The molecular weight excluding hydrogens is 202 g/mol. The zero-order valence-electron chi connectivity index (χ0n) is 10.4. The Morgan fingerprint density at radius 3 is 2.50 bits per heavy atom. The normalized spacial score (nSPS) is 12.9. The molecule has 0 aromatic heterocycles. The maximum absolute atomic E-state index is 9.19. The molecule has 1 aromatic carbocycles. The average Bonchev–Trinajstić information content (AvgIpc) is 2.23. The summed E-state index contributed by atoms with van der Waals surface area (Å²) in [5.41, 5.74) is 2.18. The van der Waals surface area contributed by atoms with Crippen molar-refractivity contribution in [3.63, 3.8) is 0 Å². The maximum Gasteiger partial charge on any atom is 0.122 e.